The van der Waals surface area contributed by atoms with Crippen molar-refractivity contribution >= 4 is 5.97 Å². The molecule has 3 rings (SSSR count). The molecular formula is C18H15N2O3+. The highest BCUT2D eigenvalue weighted by Gasteiger charge is 2.14. The van der Waals surface area contributed by atoms with Crippen LogP contribution in [-0.2, 0) is 6.54 Å². The van der Waals surface area contributed by atoms with Crippen LogP contribution in [0.1, 0.15) is 15.9 Å². The summed E-state index contributed by atoms with van der Waals surface area (Å²) in [6, 6.07) is 16.4. The zero-order chi connectivity index (χ0) is 16.1. The summed E-state index contributed by atoms with van der Waals surface area (Å²) in [5.41, 5.74) is 1.31. The molecule has 0 aliphatic rings. The third kappa shape index (κ3) is 3.71. The minimum absolute atomic E-state index is 0.181. The van der Waals surface area contributed by atoms with Gasteiger partial charge in [-0.1, -0.05) is 36.4 Å². The van der Waals surface area contributed by atoms with E-state index in [4.69, 9.17) is 9.84 Å². The molecule has 0 atom stereocenters. The van der Waals surface area contributed by atoms with Gasteiger partial charge in [-0.05, 0) is 18.2 Å². The SMILES string of the molecule is O=C(O)c1cccc(Oc2cncc[n+]2Cc2ccccc2)c1. The predicted octanol–water partition coefficient (Wildman–Crippen LogP) is 2.91. The van der Waals surface area contributed by atoms with Crippen molar-refractivity contribution in [3.05, 3.63) is 84.3 Å². The quantitative estimate of drug-likeness (QED) is 0.736. The summed E-state index contributed by atoms with van der Waals surface area (Å²) in [5, 5.41) is 9.05. The Bertz CT molecular complexity index is 819. The molecule has 0 amide bonds. The van der Waals surface area contributed by atoms with Crippen LogP contribution in [0.2, 0.25) is 0 Å². The minimum atomic E-state index is -0.987. The Morgan fingerprint density at radius 1 is 1.13 bits per heavy atom. The molecule has 0 saturated carbocycles. The van der Waals surface area contributed by atoms with Crippen molar-refractivity contribution in [3.8, 4) is 11.6 Å². The first kappa shape index (κ1) is 14.7. The summed E-state index contributed by atoms with van der Waals surface area (Å²) in [5.74, 6) is 0.0115. The first-order valence-electron chi connectivity index (χ1n) is 7.11. The highest BCUT2D eigenvalue weighted by molar-refractivity contribution is 5.88. The fourth-order valence-corrected chi connectivity index (χ4v) is 2.18. The van der Waals surface area contributed by atoms with Crippen LogP contribution < -0.4 is 9.30 Å². The van der Waals surface area contributed by atoms with E-state index in [1.165, 1.54) is 12.1 Å². The number of ether oxygens (including phenoxy) is 1. The summed E-state index contributed by atoms with van der Waals surface area (Å²) >= 11 is 0. The fraction of sp³-hybridized carbons (Fsp3) is 0.0556. The molecule has 0 spiro atoms. The van der Waals surface area contributed by atoms with Gasteiger partial charge in [0.25, 0.3) is 0 Å². The Morgan fingerprint density at radius 2 is 1.96 bits per heavy atom. The van der Waals surface area contributed by atoms with Gasteiger partial charge in [-0.3, -0.25) is 0 Å². The number of benzene rings is 2. The summed E-state index contributed by atoms with van der Waals surface area (Å²) in [7, 11) is 0. The number of hydrogen-bond donors (Lipinski definition) is 1. The molecule has 5 heteroatoms. The third-order valence-corrected chi connectivity index (χ3v) is 3.30. The topological polar surface area (TPSA) is 63.3 Å². The lowest BCUT2D eigenvalue weighted by molar-refractivity contribution is -0.692. The molecule has 0 aliphatic heterocycles. The number of nitrogens with zero attached hydrogens (tertiary/aromatic N) is 2. The summed E-state index contributed by atoms with van der Waals surface area (Å²) < 4.78 is 7.72. The maximum atomic E-state index is 11.0. The first-order valence-corrected chi connectivity index (χ1v) is 7.11. The van der Waals surface area contributed by atoms with Crippen molar-refractivity contribution in [2.45, 2.75) is 6.54 Å². The van der Waals surface area contributed by atoms with Crippen molar-refractivity contribution in [3.63, 3.8) is 0 Å². The molecule has 3 aromatic rings. The molecule has 0 fully saturated rings. The van der Waals surface area contributed by atoms with E-state index in [1.807, 2.05) is 41.1 Å². The van der Waals surface area contributed by atoms with Crippen LogP contribution >= 0.6 is 0 Å². The Labute approximate surface area is 133 Å². The lowest BCUT2D eigenvalue weighted by atomic mass is 10.2. The summed E-state index contributed by atoms with van der Waals surface area (Å²) in [6.45, 7) is 0.636. The van der Waals surface area contributed by atoms with Gasteiger partial charge in [0.15, 0.2) is 12.7 Å². The molecule has 1 heterocycles. The number of carboxylic acid groups (broad SMARTS) is 1. The molecule has 0 aliphatic carbocycles. The van der Waals surface area contributed by atoms with Crippen molar-refractivity contribution in [2.24, 2.45) is 0 Å². The molecule has 1 N–H and O–H groups in total. The Balaban J connectivity index is 1.86. The van der Waals surface area contributed by atoms with Gasteiger partial charge in [-0.2, -0.15) is 4.57 Å². The zero-order valence-corrected chi connectivity index (χ0v) is 12.3. The molecule has 1 aromatic heterocycles. The smallest absolute Gasteiger partial charge is 0.392 e. The number of carbonyl (C=O) groups is 1. The lowest BCUT2D eigenvalue weighted by Crippen LogP contribution is -2.35. The monoisotopic (exact) mass is 307 g/mol. The van der Waals surface area contributed by atoms with Gasteiger partial charge in [0, 0.05) is 5.56 Å². The van der Waals surface area contributed by atoms with Crippen molar-refractivity contribution in [2.75, 3.05) is 0 Å². The summed E-state index contributed by atoms with van der Waals surface area (Å²) in [6.07, 6.45) is 5.11. The largest absolute Gasteiger partial charge is 0.478 e. The van der Waals surface area contributed by atoms with Gasteiger partial charge in [0.05, 0.1) is 11.8 Å². The molecule has 5 nitrogen and oxygen atoms in total. The highest BCUT2D eigenvalue weighted by Crippen LogP contribution is 2.19. The Morgan fingerprint density at radius 3 is 2.74 bits per heavy atom. The van der Waals surface area contributed by atoms with E-state index in [1.54, 1.807) is 24.5 Å². The Kier molecular flexibility index (Phi) is 4.29. The predicted molar refractivity (Wildman–Crippen MR) is 83.5 cm³/mol. The zero-order valence-electron chi connectivity index (χ0n) is 12.3. The van der Waals surface area contributed by atoms with Gasteiger partial charge in [0.2, 0.25) is 0 Å². The second kappa shape index (κ2) is 6.70. The molecular weight excluding hydrogens is 292 g/mol. The average molecular weight is 307 g/mol. The second-order valence-electron chi connectivity index (χ2n) is 4.96. The molecule has 0 bridgehead atoms. The second-order valence-corrected chi connectivity index (χ2v) is 4.96. The normalized spacial score (nSPS) is 10.3. The number of carboxylic acids is 1. The number of rotatable bonds is 5. The Hall–Kier alpha value is -3.21. The van der Waals surface area contributed by atoms with Crippen LogP contribution in [0.3, 0.4) is 0 Å². The van der Waals surface area contributed by atoms with Gasteiger partial charge >= 0.3 is 11.8 Å². The van der Waals surface area contributed by atoms with Gasteiger partial charge in [0.1, 0.15) is 11.9 Å². The maximum absolute atomic E-state index is 11.0. The van der Waals surface area contributed by atoms with E-state index >= 15 is 0 Å². The van der Waals surface area contributed by atoms with Crippen LogP contribution in [0.5, 0.6) is 11.6 Å². The summed E-state index contributed by atoms with van der Waals surface area (Å²) in [4.78, 5) is 15.1. The lowest BCUT2D eigenvalue weighted by Gasteiger charge is -2.06. The maximum Gasteiger partial charge on any atom is 0.392 e. The molecule has 0 radical (unpaired) electrons. The number of aromatic carboxylic acids is 1. The fourth-order valence-electron chi connectivity index (χ4n) is 2.18. The van der Waals surface area contributed by atoms with E-state index in [2.05, 4.69) is 4.98 Å². The molecule has 0 unspecified atom stereocenters. The molecule has 0 saturated heterocycles. The van der Waals surface area contributed by atoms with Crippen LogP contribution in [-0.4, -0.2) is 16.1 Å². The minimum Gasteiger partial charge on any atom is -0.478 e. The molecule has 114 valence electrons. The standard InChI is InChI=1S/C18H14N2O3/c21-18(22)15-7-4-8-16(11-15)23-17-12-19-9-10-20(17)13-14-5-2-1-3-6-14/h1-12H,13H2/p+1. The highest BCUT2D eigenvalue weighted by atomic mass is 16.5. The van der Waals surface area contributed by atoms with Crippen molar-refractivity contribution in [1.29, 1.82) is 0 Å². The van der Waals surface area contributed by atoms with E-state index < -0.39 is 5.97 Å². The third-order valence-electron chi connectivity index (χ3n) is 3.30. The van der Waals surface area contributed by atoms with Crippen LogP contribution in [0.15, 0.2) is 73.2 Å². The molecule has 2 aromatic carbocycles. The van der Waals surface area contributed by atoms with Crippen molar-refractivity contribution in [1.82, 2.24) is 4.98 Å². The van der Waals surface area contributed by atoms with Crippen molar-refractivity contribution < 1.29 is 19.2 Å². The van der Waals surface area contributed by atoms with E-state index in [9.17, 15) is 4.79 Å². The van der Waals surface area contributed by atoms with Gasteiger partial charge in [-0.25, -0.2) is 9.78 Å². The van der Waals surface area contributed by atoms with Gasteiger partial charge < -0.3 is 9.84 Å². The van der Waals surface area contributed by atoms with Crippen LogP contribution in [0.4, 0.5) is 0 Å². The van der Waals surface area contributed by atoms with Crippen LogP contribution in [0, 0.1) is 0 Å². The van der Waals surface area contributed by atoms with E-state index in [0.29, 0.717) is 18.2 Å². The van der Waals surface area contributed by atoms with Gasteiger partial charge in [-0.15, -0.1) is 0 Å². The number of hydrogen-bond acceptors (Lipinski definition) is 3. The average Bonchev–Trinajstić information content (AvgIpc) is 2.58. The van der Waals surface area contributed by atoms with E-state index in [-0.39, 0.29) is 5.56 Å². The van der Waals surface area contributed by atoms with Crippen LogP contribution in [0.25, 0.3) is 0 Å². The number of aromatic nitrogens is 2. The molecule has 23 heavy (non-hydrogen) atoms. The van der Waals surface area contributed by atoms with E-state index in [0.717, 1.165) is 5.56 Å². The first-order chi connectivity index (χ1) is 11.2.